The predicted molar refractivity (Wildman–Crippen MR) is 321 cm³/mol. The molecule has 3 N–H and O–H groups in total. The van der Waals surface area contributed by atoms with Crippen molar-refractivity contribution in [2.45, 2.75) is 323 Å². The lowest BCUT2D eigenvalue weighted by molar-refractivity contribution is -0.161. The summed E-state index contributed by atoms with van der Waals surface area (Å²) in [4.78, 5) is 72.1. The lowest BCUT2D eigenvalue weighted by Gasteiger charge is -2.21. The van der Waals surface area contributed by atoms with E-state index in [0.29, 0.717) is 31.6 Å². The van der Waals surface area contributed by atoms with Crippen LogP contribution in [-0.4, -0.2) is 96.7 Å². The molecule has 0 spiro atoms. The van der Waals surface area contributed by atoms with Gasteiger partial charge in [0.2, 0.25) is 0 Å². The molecule has 19 heteroatoms. The third-order valence-corrected chi connectivity index (χ3v) is 16.5. The average Bonchev–Trinajstić information content (AvgIpc) is 3.43. The molecule has 0 saturated heterocycles. The Labute approximate surface area is 492 Å². The Morgan fingerprint density at radius 2 is 0.630 bits per heavy atom. The quantitative estimate of drug-likeness (QED) is 0.0222. The summed E-state index contributed by atoms with van der Waals surface area (Å²) in [5.41, 5.74) is 0. The number of carbonyl (C=O) groups is 4. The van der Waals surface area contributed by atoms with Gasteiger partial charge in [-0.05, 0) is 37.5 Å². The highest BCUT2D eigenvalue weighted by Crippen LogP contribution is 2.45. The van der Waals surface area contributed by atoms with Crippen molar-refractivity contribution in [3.63, 3.8) is 0 Å². The number of aliphatic hydroxyl groups is 1. The van der Waals surface area contributed by atoms with Crippen LogP contribution in [-0.2, 0) is 65.4 Å². The van der Waals surface area contributed by atoms with E-state index in [4.69, 9.17) is 37.0 Å². The van der Waals surface area contributed by atoms with Gasteiger partial charge in [-0.2, -0.15) is 0 Å². The first-order valence-electron chi connectivity index (χ1n) is 32.5. The molecule has 0 aliphatic rings. The molecule has 81 heavy (non-hydrogen) atoms. The average molecular weight is 1200 g/mol. The fourth-order valence-corrected chi connectivity index (χ4v) is 10.7. The molecule has 0 aliphatic carbocycles. The summed E-state index contributed by atoms with van der Waals surface area (Å²) < 4.78 is 67.9. The van der Waals surface area contributed by atoms with Crippen LogP contribution >= 0.6 is 15.6 Å². The standard InChI is InChI=1S/C62H120O17P2/c1-7-10-12-14-16-18-20-27-34-40-46-61(66)78-57(50-72-59(64)44-38-32-26-19-17-15-13-11-8-2)52-76-80(68,69)74-48-56(63)49-75-81(70,71)77-53-58(51-73-60(65)45-39-33-29-23-24-30-36-42-54(4)5)79-62(67)47-41-35-28-22-21-25-31-37-43-55(6)9-3/h54-58,63H,7-53H2,1-6H3,(H,68,69)(H,70,71)/t55?,56-,57+,58+/m0/s1. The van der Waals surface area contributed by atoms with Crippen molar-refractivity contribution in [3.8, 4) is 0 Å². The normalized spacial score (nSPS) is 14.7. The monoisotopic (exact) mass is 1200 g/mol. The van der Waals surface area contributed by atoms with Gasteiger partial charge >= 0.3 is 39.5 Å². The maximum atomic E-state index is 12.9. The van der Waals surface area contributed by atoms with Crippen molar-refractivity contribution in [1.82, 2.24) is 0 Å². The van der Waals surface area contributed by atoms with Gasteiger partial charge in [0.15, 0.2) is 12.2 Å². The van der Waals surface area contributed by atoms with Gasteiger partial charge in [-0.1, -0.05) is 253 Å². The van der Waals surface area contributed by atoms with E-state index in [0.717, 1.165) is 102 Å². The molecule has 0 radical (unpaired) electrons. The highest BCUT2D eigenvalue weighted by atomic mass is 31.2. The summed E-state index contributed by atoms with van der Waals surface area (Å²) in [6, 6.07) is 0. The van der Waals surface area contributed by atoms with E-state index in [1.165, 1.54) is 116 Å². The topological polar surface area (TPSA) is 237 Å². The zero-order chi connectivity index (χ0) is 60.1. The van der Waals surface area contributed by atoms with Crippen LogP contribution in [0.1, 0.15) is 305 Å². The molecule has 0 bridgehead atoms. The maximum Gasteiger partial charge on any atom is 0.472 e. The third kappa shape index (κ3) is 55.7. The number of hydrogen-bond acceptors (Lipinski definition) is 15. The molecule has 6 atom stereocenters. The van der Waals surface area contributed by atoms with Crippen LogP contribution in [0.15, 0.2) is 0 Å². The van der Waals surface area contributed by atoms with E-state index in [1.807, 2.05) is 0 Å². The number of hydrogen-bond donors (Lipinski definition) is 3. The van der Waals surface area contributed by atoms with Crippen molar-refractivity contribution >= 4 is 39.5 Å². The van der Waals surface area contributed by atoms with Crippen LogP contribution in [0.3, 0.4) is 0 Å². The Morgan fingerprint density at radius 3 is 0.938 bits per heavy atom. The molecular weight excluding hydrogens is 1080 g/mol. The molecule has 0 amide bonds. The van der Waals surface area contributed by atoms with Gasteiger partial charge in [0.25, 0.3) is 0 Å². The smallest absolute Gasteiger partial charge is 0.462 e. The number of carbonyl (C=O) groups excluding carboxylic acids is 4. The van der Waals surface area contributed by atoms with E-state index in [2.05, 4.69) is 41.5 Å². The second-order valence-corrected chi connectivity index (χ2v) is 26.1. The molecule has 0 aromatic rings. The second kappa shape index (κ2) is 54.7. The third-order valence-electron chi connectivity index (χ3n) is 14.6. The van der Waals surface area contributed by atoms with Gasteiger partial charge in [0, 0.05) is 25.7 Å². The van der Waals surface area contributed by atoms with E-state index in [1.54, 1.807) is 0 Å². The zero-order valence-corrected chi connectivity index (χ0v) is 53.9. The minimum atomic E-state index is -4.94. The van der Waals surface area contributed by atoms with Crippen LogP contribution in [0.5, 0.6) is 0 Å². The van der Waals surface area contributed by atoms with Crippen LogP contribution < -0.4 is 0 Å². The first-order valence-corrected chi connectivity index (χ1v) is 35.5. The molecular formula is C62H120O17P2. The molecule has 0 rings (SSSR count). The van der Waals surface area contributed by atoms with E-state index >= 15 is 0 Å². The molecule has 0 fully saturated rings. The summed E-state index contributed by atoms with van der Waals surface area (Å²) in [6.45, 7) is 9.40. The summed E-state index contributed by atoms with van der Waals surface area (Å²) in [6.07, 6.45) is 36.2. The van der Waals surface area contributed by atoms with Crippen LogP contribution in [0.4, 0.5) is 0 Å². The Hall–Kier alpha value is -1.94. The van der Waals surface area contributed by atoms with Crippen LogP contribution in [0, 0.1) is 11.8 Å². The first-order chi connectivity index (χ1) is 38.9. The Kier molecular flexibility index (Phi) is 53.4. The van der Waals surface area contributed by atoms with Gasteiger partial charge < -0.3 is 33.8 Å². The highest BCUT2D eigenvalue weighted by Gasteiger charge is 2.30. The zero-order valence-electron chi connectivity index (χ0n) is 52.1. The number of ether oxygens (including phenoxy) is 4. The van der Waals surface area contributed by atoms with E-state index in [9.17, 15) is 43.2 Å². The minimum absolute atomic E-state index is 0.104. The van der Waals surface area contributed by atoms with Crippen LogP contribution in [0.2, 0.25) is 0 Å². The lowest BCUT2D eigenvalue weighted by atomic mass is 9.99. The summed E-state index contributed by atoms with van der Waals surface area (Å²) in [7, 11) is -9.88. The molecule has 0 aromatic carbocycles. The molecule has 3 unspecified atom stereocenters. The number of esters is 4. The Morgan fingerprint density at radius 1 is 0.358 bits per heavy atom. The minimum Gasteiger partial charge on any atom is -0.462 e. The largest absolute Gasteiger partial charge is 0.472 e. The summed E-state index contributed by atoms with van der Waals surface area (Å²) in [5.74, 6) is -0.665. The number of aliphatic hydroxyl groups excluding tert-OH is 1. The SMILES string of the molecule is CCCCCCCCCCCCC(=O)O[C@H](COC(=O)CCCCCCCCCCC)COP(=O)(O)OC[C@H](O)COP(=O)(O)OC[C@@H](COC(=O)CCCCCCCCCC(C)C)OC(=O)CCCCCCCCCCC(C)CC. The van der Waals surface area contributed by atoms with Gasteiger partial charge in [-0.3, -0.25) is 37.3 Å². The molecule has 0 aliphatic heterocycles. The molecule has 480 valence electrons. The van der Waals surface area contributed by atoms with Gasteiger partial charge in [-0.25, -0.2) is 9.13 Å². The maximum absolute atomic E-state index is 12.9. The molecule has 17 nitrogen and oxygen atoms in total. The molecule has 0 aromatic heterocycles. The number of phosphoric acid groups is 2. The van der Waals surface area contributed by atoms with Crippen molar-refractivity contribution in [3.05, 3.63) is 0 Å². The van der Waals surface area contributed by atoms with Gasteiger partial charge in [-0.15, -0.1) is 0 Å². The van der Waals surface area contributed by atoms with Crippen molar-refractivity contribution in [1.29, 1.82) is 0 Å². The van der Waals surface area contributed by atoms with Crippen LogP contribution in [0.25, 0.3) is 0 Å². The fourth-order valence-electron chi connectivity index (χ4n) is 9.15. The van der Waals surface area contributed by atoms with Crippen molar-refractivity contribution in [2.24, 2.45) is 11.8 Å². The number of rotatable bonds is 61. The number of phosphoric ester groups is 2. The first kappa shape index (κ1) is 79.1. The molecule has 0 heterocycles. The summed E-state index contributed by atoms with van der Waals surface area (Å²) >= 11 is 0. The number of unbranched alkanes of at least 4 members (excludes halogenated alkanes) is 30. The van der Waals surface area contributed by atoms with E-state index in [-0.39, 0.29) is 25.7 Å². The second-order valence-electron chi connectivity index (χ2n) is 23.2. The molecule has 0 saturated carbocycles. The Balaban J connectivity index is 5.24. The van der Waals surface area contributed by atoms with Crippen molar-refractivity contribution < 1.29 is 80.2 Å². The predicted octanol–water partition coefficient (Wildman–Crippen LogP) is 16.9. The van der Waals surface area contributed by atoms with Gasteiger partial charge in [0.1, 0.15) is 19.3 Å². The van der Waals surface area contributed by atoms with Gasteiger partial charge in [0.05, 0.1) is 26.4 Å². The lowest BCUT2D eigenvalue weighted by Crippen LogP contribution is -2.30. The summed E-state index contributed by atoms with van der Waals surface area (Å²) in [5, 5.41) is 10.5. The Bertz CT molecular complexity index is 1600. The van der Waals surface area contributed by atoms with E-state index < -0.39 is 97.5 Å². The van der Waals surface area contributed by atoms with Crippen molar-refractivity contribution in [2.75, 3.05) is 39.6 Å². The highest BCUT2D eigenvalue weighted by molar-refractivity contribution is 7.47. The fraction of sp³-hybridized carbons (Fsp3) is 0.935.